The molecule has 0 bridgehead atoms. The number of hydrogen-bond acceptors (Lipinski definition) is 4. The van der Waals surface area contributed by atoms with Crippen LogP contribution in [0, 0.1) is 0 Å². The zero-order valence-corrected chi connectivity index (χ0v) is 14.2. The maximum atomic E-state index is 11.9. The van der Waals surface area contributed by atoms with Crippen LogP contribution in [-0.4, -0.2) is 54.4 Å². The first kappa shape index (κ1) is 20.1. The highest BCUT2D eigenvalue weighted by atomic mass is 32.2. The van der Waals surface area contributed by atoms with E-state index >= 15 is 0 Å². The van der Waals surface area contributed by atoms with Crippen molar-refractivity contribution in [3.8, 4) is 0 Å². The predicted molar refractivity (Wildman–Crippen MR) is 85.9 cm³/mol. The molecule has 0 heterocycles. The van der Waals surface area contributed by atoms with Gasteiger partial charge in [-0.3, -0.25) is 0 Å². The topological polar surface area (TPSA) is 87.7 Å². The Hall–Kier alpha value is -0.950. The second-order valence-corrected chi connectivity index (χ2v) is 6.22. The van der Waals surface area contributed by atoms with Gasteiger partial charge in [-0.15, -0.1) is 0 Å². The van der Waals surface area contributed by atoms with Crippen molar-refractivity contribution >= 4 is 23.8 Å². The standard InChI is InChI=1S/C14H28N2O4S/c1-5-14(6-2,21-4)10-15-13(19)16-11(12(17)18)8-7-9-20-3/h11H,5-10H2,1-4H3,(H,17,18)(H2,15,16,19). The van der Waals surface area contributed by atoms with Crippen molar-refractivity contribution in [2.45, 2.75) is 50.3 Å². The Morgan fingerprint density at radius 1 is 1.33 bits per heavy atom. The largest absolute Gasteiger partial charge is 0.480 e. The number of carboxylic acids is 1. The van der Waals surface area contributed by atoms with Crippen LogP contribution in [0.4, 0.5) is 4.79 Å². The molecule has 21 heavy (non-hydrogen) atoms. The summed E-state index contributed by atoms with van der Waals surface area (Å²) in [7, 11) is 1.56. The Balaban J connectivity index is 4.34. The summed E-state index contributed by atoms with van der Waals surface area (Å²) in [6.07, 6.45) is 4.86. The molecule has 0 radical (unpaired) electrons. The minimum atomic E-state index is -1.02. The van der Waals surface area contributed by atoms with Crippen molar-refractivity contribution in [3.05, 3.63) is 0 Å². The highest BCUT2D eigenvalue weighted by Crippen LogP contribution is 2.29. The SMILES string of the molecule is CCC(CC)(CNC(=O)NC(CCCOC)C(=O)O)SC. The number of ether oxygens (including phenoxy) is 1. The molecule has 0 rings (SSSR count). The Morgan fingerprint density at radius 3 is 2.38 bits per heavy atom. The van der Waals surface area contributed by atoms with E-state index in [1.54, 1.807) is 18.9 Å². The van der Waals surface area contributed by atoms with E-state index in [0.717, 1.165) is 12.8 Å². The molecule has 0 aromatic rings. The van der Waals surface area contributed by atoms with Crippen LogP contribution in [0.1, 0.15) is 39.5 Å². The molecule has 124 valence electrons. The van der Waals surface area contributed by atoms with E-state index in [4.69, 9.17) is 9.84 Å². The van der Waals surface area contributed by atoms with Gasteiger partial charge in [0.1, 0.15) is 6.04 Å². The van der Waals surface area contributed by atoms with Crippen molar-refractivity contribution in [3.63, 3.8) is 0 Å². The van der Waals surface area contributed by atoms with Crippen LogP contribution in [0.5, 0.6) is 0 Å². The number of thioether (sulfide) groups is 1. The fourth-order valence-electron chi connectivity index (χ4n) is 2.00. The number of rotatable bonds is 11. The van der Waals surface area contributed by atoms with E-state index in [0.29, 0.717) is 26.0 Å². The molecule has 1 atom stereocenters. The van der Waals surface area contributed by atoms with Gasteiger partial charge in [0.2, 0.25) is 0 Å². The average Bonchev–Trinajstić information content (AvgIpc) is 2.48. The molecule has 0 fully saturated rings. The predicted octanol–water partition coefficient (Wildman–Crippen LogP) is 2.09. The van der Waals surface area contributed by atoms with Crippen LogP contribution in [-0.2, 0) is 9.53 Å². The number of aliphatic carboxylic acids is 1. The van der Waals surface area contributed by atoms with Gasteiger partial charge in [-0.05, 0) is 31.9 Å². The van der Waals surface area contributed by atoms with Crippen LogP contribution in [0.3, 0.4) is 0 Å². The van der Waals surface area contributed by atoms with Crippen LogP contribution < -0.4 is 10.6 Å². The molecule has 0 aliphatic carbocycles. The molecule has 0 saturated heterocycles. The van der Waals surface area contributed by atoms with Crippen molar-refractivity contribution in [2.24, 2.45) is 0 Å². The van der Waals surface area contributed by atoms with Crippen LogP contribution in [0.25, 0.3) is 0 Å². The molecule has 7 heteroatoms. The van der Waals surface area contributed by atoms with E-state index in [1.165, 1.54) is 0 Å². The molecular weight excluding hydrogens is 292 g/mol. The van der Waals surface area contributed by atoms with Gasteiger partial charge in [0.15, 0.2) is 0 Å². The van der Waals surface area contributed by atoms with Gasteiger partial charge < -0.3 is 20.5 Å². The van der Waals surface area contributed by atoms with E-state index < -0.39 is 18.0 Å². The van der Waals surface area contributed by atoms with E-state index in [9.17, 15) is 9.59 Å². The van der Waals surface area contributed by atoms with Gasteiger partial charge in [0.05, 0.1) is 0 Å². The first-order valence-corrected chi connectivity index (χ1v) is 8.48. The number of carboxylic acid groups (broad SMARTS) is 1. The molecule has 3 N–H and O–H groups in total. The molecule has 2 amide bonds. The summed E-state index contributed by atoms with van der Waals surface area (Å²) in [5.41, 5.74) is 0. The zero-order valence-electron chi connectivity index (χ0n) is 13.4. The number of carbonyl (C=O) groups excluding carboxylic acids is 1. The molecule has 0 saturated carbocycles. The number of hydrogen-bond donors (Lipinski definition) is 3. The summed E-state index contributed by atoms with van der Waals surface area (Å²) < 4.78 is 4.89. The molecule has 0 spiro atoms. The van der Waals surface area contributed by atoms with Crippen molar-refractivity contribution in [1.29, 1.82) is 0 Å². The van der Waals surface area contributed by atoms with E-state index in [-0.39, 0.29) is 4.75 Å². The zero-order chi connectivity index (χ0) is 16.3. The van der Waals surface area contributed by atoms with Crippen molar-refractivity contribution in [2.75, 3.05) is 26.5 Å². The summed E-state index contributed by atoms with van der Waals surface area (Å²) in [5.74, 6) is -1.02. The summed E-state index contributed by atoms with van der Waals surface area (Å²) in [6, 6.07) is -1.31. The van der Waals surface area contributed by atoms with Gasteiger partial charge in [-0.2, -0.15) is 11.8 Å². The lowest BCUT2D eigenvalue weighted by Crippen LogP contribution is -2.49. The van der Waals surface area contributed by atoms with Gasteiger partial charge in [-0.25, -0.2) is 9.59 Å². The Labute approximate surface area is 131 Å². The normalized spacial score (nSPS) is 12.8. The monoisotopic (exact) mass is 320 g/mol. The fraction of sp³-hybridized carbons (Fsp3) is 0.857. The first-order chi connectivity index (χ1) is 9.94. The molecule has 1 unspecified atom stereocenters. The van der Waals surface area contributed by atoms with Crippen molar-refractivity contribution < 1.29 is 19.4 Å². The van der Waals surface area contributed by atoms with Gasteiger partial charge in [0, 0.05) is 25.0 Å². The maximum absolute atomic E-state index is 11.9. The van der Waals surface area contributed by atoms with Gasteiger partial charge >= 0.3 is 12.0 Å². The van der Waals surface area contributed by atoms with Gasteiger partial charge in [-0.1, -0.05) is 13.8 Å². The third-order valence-corrected chi connectivity index (χ3v) is 5.33. The minimum Gasteiger partial charge on any atom is -0.480 e. The molecule has 0 aromatic carbocycles. The van der Waals surface area contributed by atoms with Crippen LogP contribution >= 0.6 is 11.8 Å². The van der Waals surface area contributed by atoms with Crippen LogP contribution in [0.15, 0.2) is 0 Å². The highest BCUT2D eigenvalue weighted by molar-refractivity contribution is 8.00. The molecular formula is C14H28N2O4S. The van der Waals surface area contributed by atoms with Crippen molar-refractivity contribution in [1.82, 2.24) is 10.6 Å². The number of nitrogens with one attached hydrogen (secondary N) is 2. The third-order valence-electron chi connectivity index (χ3n) is 3.74. The quantitative estimate of drug-likeness (QED) is 0.507. The molecule has 0 aromatic heterocycles. The molecule has 0 aliphatic heterocycles. The summed E-state index contributed by atoms with van der Waals surface area (Å²) in [6.45, 7) is 5.18. The summed E-state index contributed by atoms with van der Waals surface area (Å²) in [4.78, 5) is 23.0. The minimum absolute atomic E-state index is 0.00606. The first-order valence-electron chi connectivity index (χ1n) is 7.26. The van der Waals surface area contributed by atoms with Crippen LogP contribution in [0.2, 0.25) is 0 Å². The van der Waals surface area contributed by atoms with Gasteiger partial charge in [0.25, 0.3) is 0 Å². The third kappa shape index (κ3) is 7.57. The second kappa shape index (κ2) is 10.7. The molecule has 6 nitrogen and oxygen atoms in total. The van der Waals surface area contributed by atoms with E-state index in [2.05, 4.69) is 24.5 Å². The Bertz CT molecular complexity index is 314. The lowest BCUT2D eigenvalue weighted by molar-refractivity contribution is -0.139. The number of urea groups is 1. The Kier molecular flexibility index (Phi) is 10.2. The summed E-state index contributed by atoms with van der Waals surface area (Å²) in [5, 5.41) is 14.4. The summed E-state index contributed by atoms with van der Waals surface area (Å²) >= 11 is 1.73. The Morgan fingerprint density at radius 2 is 1.95 bits per heavy atom. The maximum Gasteiger partial charge on any atom is 0.326 e. The lowest BCUT2D eigenvalue weighted by Gasteiger charge is -2.30. The number of carbonyl (C=O) groups is 2. The smallest absolute Gasteiger partial charge is 0.326 e. The highest BCUT2D eigenvalue weighted by Gasteiger charge is 2.26. The van der Waals surface area contributed by atoms with E-state index in [1.807, 2.05) is 6.26 Å². The lowest BCUT2D eigenvalue weighted by atomic mass is 10.0. The number of methoxy groups -OCH3 is 1. The molecule has 0 aliphatic rings. The average molecular weight is 320 g/mol. The number of amides is 2. The second-order valence-electron chi connectivity index (χ2n) is 4.95. The fourth-order valence-corrected chi connectivity index (χ4v) is 2.79.